The molecule has 2 aromatic rings. The molecule has 0 fully saturated rings. The topological polar surface area (TPSA) is 12.0 Å². The van der Waals surface area contributed by atoms with Gasteiger partial charge in [0, 0.05) is 27.2 Å². The Morgan fingerprint density at radius 3 is 2.67 bits per heavy atom. The van der Waals surface area contributed by atoms with Gasteiger partial charge in [0.25, 0.3) is 0 Å². The second kappa shape index (κ2) is 5.08. The van der Waals surface area contributed by atoms with Crippen LogP contribution in [-0.2, 0) is 0 Å². The molecule has 0 bridgehead atoms. The van der Waals surface area contributed by atoms with Gasteiger partial charge < -0.3 is 5.32 Å². The first-order chi connectivity index (χ1) is 10.2. The molecule has 0 aromatic heterocycles. The molecular weight excluding hydrogens is 301 g/mol. The number of halogens is 2. The lowest BCUT2D eigenvalue weighted by atomic mass is 9.77. The standard InChI is InChI=1S/C18H15Cl2N/c19-12-9-15(20)17-13-7-4-8-14(13)18(21-16(17)10-12)11-5-2-1-3-6-11/h1-7,9-10,13-14,18,21H,8H2/t13-,14-,18+/m0/s1. The fraction of sp³-hybridized carbons (Fsp3) is 0.222. The first-order valence-electron chi connectivity index (χ1n) is 7.21. The van der Waals surface area contributed by atoms with Crippen LogP contribution in [0.1, 0.15) is 29.5 Å². The van der Waals surface area contributed by atoms with Gasteiger partial charge in [-0.3, -0.25) is 0 Å². The van der Waals surface area contributed by atoms with Crippen LogP contribution in [0.5, 0.6) is 0 Å². The molecular formula is C18H15Cl2N. The summed E-state index contributed by atoms with van der Waals surface area (Å²) in [7, 11) is 0. The Morgan fingerprint density at radius 1 is 1.05 bits per heavy atom. The van der Waals surface area contributed by atoms with Gasteiger partial charge in [0.05, 0.1) is 6.04 Å². The highest BCUT2D eigenvalue weighted by Gasteiger charge is 2.39. The largest absolute Gasteiger partial charge is 0.378 e. The van der Waals surface area contributed by atoms with Gasteiger partial charge in [-0.15, -0.1) is 0 Å². The molecule has 0 saturated heterocycles. The Kier molecular flexibility index (Phi) is 3.20. The van der Waals surface area contributed by atoms with Crippen molar-refractivity contribution >= 4 is 28.9 Å². The van der Waals surface area contributed by atoms with Crippen LogP contribution in [0.2, 0.25) is 10.0 Å². The summed E-state index contributed by atoms with van der Waals surface area (Å²) in [4.78, 5) is 0. The van der Waals surface area contributed by atoms with E-state index in [0.717, 1.165) is 17.1 Å². The van der Waals surface area contributed by atoms with E-state index >= 15 is 0 Å². The fourth-order valence-corrected chi connectivity index (χ4v) is 4.25. The molecule has 2 aromatic carbocycles. The Hall–Kier alpha value is -1.44. The summed E-state index contributed by atoms with van der Waals surface area (Å²) >= 11 is 12.6. The molecule has 0 saturated carbocycles. The van der Waals surface area contributed by atoms with E-state index in [0.29, 0.717) is 22.9 Å². The fourth-order valence-electron chi connectivity index (χ4n) is 3.63. The first-order valence-corrected chi connectivity index (χ1v) is 7.97. The van der Waals surface area contributed by atoms with E-state index in [1.807, 2.05) is 12.1 Å². The zero-order valence-corrected chi connectivity index (χ0v) is 12.9. The summed E-state index contributed by atoms with van der Waals surface area (Å²) in [6.07, 6.45) is 5.64. The zero-order valence-electron chi connectivity index (χ0n) is 11.4. The quantitative estimate of drug-likeness (QED) is 0.654. The summed E-state index contributed by atoms with van der Waals surface area (Å²) < 4.78 is 0. The number of benzene rings is 2. The van der Waals surface area contributed by atoms with Crippen molar-refractivity contribution in [3.05, 3.63) is 75.8 Å². The van der Waals surface area contributed by atoms with Gasteiger partial charge in [0.1, 0.15) is 0 Å². The molecule has 21 heavy (non-hydrogen) atoms. The van der Waals surface area contributed by atoms with Crippen molar-refractivity contribution in [2.45, 2.75) is 18.4 Å². The minimum atomic E-state index is 0.299. The summed E-state index contributed by atoms with van der Waals surface area (Å²) in [5.74, 6) is 0.884. The molecule has 1 heterocycles. The Balaban J connectivity index is 1.84. The van der Waals surface area contributed by atoms with Crippen LogP contribution >= 0.6 is 23.2 Å². The molecule has 0 unspecified atom stereocenters. The Labute approximate surface area is 134 Å². The van der Waals surface area contributed by atoms with Crippen molar-refractivity contribution in [2.75, 3.05) is 5.32 Å². The monoisotopic (exact) mass is 315 g/mol. The van der Waals surface area contributed by atoms with Crippen molar-refractivity contribution in [2.24, 2.45) is 5.92 Å². The average molecular weight is 316 g/mol. The van der Waals surface area contributed by atoms with Crippen molar-refractivity contribution < 1.29 is 0 Å². The molecule has 1 nitrogen and oxygen atoms in total. The van der Waals surface area contributed by atoms with Gasteiger partial charge in [-0.25, -0.2) is 0 Å². The Morgan fingerprint density at radius 2 is 1.86 bits per heavy atom. The molecule has 0 radical (unpaired) electrons. The van der Waals surface area contributed by atoms with Crippen LogP contribution in [0.25, 0.3) is 0 Å². The van der Waals surface area contributed by atoms with E-state index < -0.39 is 0 Å². The first kappa shape index (κ1) is 13.2. The van der Waals surface area contributed by atoms with Gasteiger partial charge >= 0.3 is 0 Å². The van der Waals surface area contributed by atoms with Gasteiger partial charge in [0.2, 0.25) is 0 Å². The van der Waals surface area contributed by atoms with Gasteiger partial charge in [0.15, 0.2) is 0 Å². The minimum absolute atomic E-state index is 0.299. The lowest BCUT2D eigenvalue weighted by Gasteiger charge is -2.38. The second-order valence-corrected chi connectivity index (χ2v) is 6.58. The normalized spacial score (nSPS) is 26.1. The number of allylic oxidation sites excluding steroid dienone is 2. The maximum Gasteiger partial charge on any atom is 0.0553 e. The molecule has 1 aliphatic heterocycles. The van der Waals surface area contributed by atoms with Crippen LogP contribution in [0, 0.1) is 5.92 Å². The highest BCUT2D eigenvalue weighted by molar-refractivity contribution is 6.35. The van der Waals surface area contributed by atoms with Gasteiger partial charge in [-0.2, -0.15) is 0 Å². The average Bonchev–Trinajstić information content (AvgIpc) is 2.95. The predicted molar refractivity (Wildman–Crippen MR) is 89.3 cm³/mol. The third-order valence-corrected chi connectivity index (χ3v) is 5.07. The molecule has 2 aliphatic rings. The molecule has 0 amide bonds. The van der Waals surface area contributed by atoms with Crippen LogP contribution in [0.3, 0.4) is 0 Å². The SMILES string of the molecule is Clc1cc(Cl)c2c(c1)N[C@H](c1ccccc1)[C@H]1CC=C[C@H]21. The number of fused-ring (bicyclic) bond motifs is 3. The molecule has 0 spiro atoms. The maximum atomic E-state index is 6.45. The van der Waals surface area contributed by atoms with E-state index in [4.69, 9.17) is 23.2 Å². The summed E-state index contributed by atoms with van der Waals surface area (Å²) in [6.45, 7) is 0. The molecule has 4 rings (SSSR count). The number of anilines is 1. The number of hydrogen-bond acceptors (Lipinski definition) is 1. The molecule has 1 aliphatic carbocycles. The summed E-state index contributed by atoms with van der Waals surface area (Å²) in [6, 6.07) is 14.7. The number of rotatable bonds is 1. The molecule has 3 heteroatoms. The van der Waals surface area contributed by atoms with Crippen molar-refractivity contribution in [1.29, 1.82) is 0 Å². The van der Waals surface area contributed by atoms with Gasteiger partial charge in [-0.05, 0) is 30.0 Å². The molecule has 3 atom stereocenters. The van der Waals surface area contributed by atoms with Crippen molar-refractivity contribution in [3.63, 3.8) is 0 Å². The van der Waals surface area contributed by atoms with E-state index in [2.05, 4.69) is 47.8 Å². The number of hydrogen-bond donors (Lipinski definition) is 1. The Bertz CT molecular complexity index is 709. The highest BCUT2D eigenvalue weighted by Crippen LogP contribution is 2.52. The van der Waals surface area contributed by atoms with Crippen LogP contribution in [0.4, 0.5) is 5.69 Å². The minimum Gasteiger partial charge on any atom is -0.378 e. The maximum absolute atomic E-state index is 6.45. The molecule has 1 N–H and O–H groups in total. The smallest absolute Gasteiger partial charge is 0.0553 e. The zero-order chi connectivity index (χ0) is 14.4. The lowest BCUT2D eigenvalue weighted by Crippen LogP contribution is -2.29. The van der Waals surface area contributed by atoms with E-state index in [9.17, 15) is 0 Å². The van der Waals surface area contributed by atoms with Crippen molar-refractivity contribution in [1.82, 2.24) is 0 Å². The van der Waals surface area contributed by atoms with Crippen LogP contribution in [-0.4, -0.2) is 0 Å². The van der Waals surface area contributed by atoms with E-state index in [1.165, 1.54) is 11.1 Å². The summed E-state index contributed by atoms with van der Waals surface area (Å²) in [5, 5.41) is 5.10. The third-order valence-electron chi connectivity index (χ3n) is 4.54. The number of nitrogens with one attached hydrogen (secondary N) is 1. The van der Waals surface area contributed by atoms with E-state index in [1.54, 1.807) is 0 Å². The third kappa shape index (κ3) is 2.16. The van der Waals surface area contributed by atoms with Crippen LogP contribution < -0.4 is 5.32 Å². The van der Waals surface area contributed by atoms with E-state index in [-0.39, 0.29) is 0 Å². The second-order valence-electron chi connectivity index (χ2n) is 5.74. The molecule has 106 valence electrons. The predicted octanol–water partition coefficient (Wildman–Crippen LogP) is 5.82. The summed E-state index contributed by atoms with van der Waals surface area (Å²) in [5.41, 5.74) is 3.57. The van der Waals surface area contributed by atoms with Crippen LogP contribution in [0.15, 0.2) is 54.6 Å². The van der Waals surface area contributed by atoms with Gasteiger partial charge in [-0.1, -0.05) is 65.7 Å². The lowest BCUT2D eigenvalue weighted by molar-refractivity contribution is 0.425. The highest BCUT2D eigenvalue weighted by atomic mass is 35.5. The van der Waals surface area contributed by atoms with Crippen molar-refractivity contribution in [3.8, 4) is 0 Å².